The molecule has 0 amide bonds. The molecule has 2 rings (SSSR count). The van der Waals surface area contributed by atoms with Crippen LogP contribution in [0.25, 0.3) is 0 Å². The van der Waals surface area contributed by atoms with E-state index in [0.29, 0.717) is 12.5 Å². The lowest BCUT2D eigenvalue weighted by molar-refractivity contribution is 0.525. The summed E-state index contributed by atoms with van der Waals surface area (Å²) < 4.78 is 0. The van der Waals surface area contributed by atoms with Gasteiger partial charge in [-0.1, -0.05) is 24.3 Å². The number of fused-ring (bicyclic) bond motifs is 1. The number of hydrogen-bond donors (Lipinski definition) is 1. The number of hydrogen-bond acceptors (Lipinski definition) is 2. The number of nitriles is 1. The van der Waals surface area contributed by atoms with Gasteiger partial charge in [-0.2, -0.15) is 5.26 Å². The molecule has 0 aliphatic heterocycles. The topological polar surface area (TPSA) is 35.8 Å². The first-order valence-electron chi connectivity index (χ1n) is 5.57. The predicted molar refractivity (Wildman–Crippen MR) is 60.5 cm³/mol. The van der Waals surface area contributed by atoms with Gasteiger partial charge in [-0.05, 0) is 36.9 Å². The quantitative estimate of drug-likeness (QED) is 0.755. The van der Waals surface area contributed by atoms with Crippen molar-refractivity contribution in [2.75, 3.05) is 6.54 Å². The molecule has 1 aliphatic carbocycles. The van der Waals surface area contributed by atoms with E-state index in [0.717, 1.165) is 25.8 Å². The molecule has 2 nitrogen and oxygen atoms in total. The van der Waals surface area contributed by atoms with E-state index in [1.807, 2.05) is 0 Å². The molecule has 1 N–H and O–H groups in total. The minimum Gasteiger partial charge on any atom is -0.313 e. The number of rotatable bonds is 4. The lowest BCUT2D eigenvalue weighted by Crippen LogP contribution is -2.30. The van der Waals surface area contributed by atoms with Crippen molar-refractivity contribution in [1.82, 2.24) is 5.32 Å². The Bertz CT molecular complexity index is 340. The van der Waals surface area contributed by atoms with Gasteiger partial charge in [0, 0.05) is 12.5 Å². The molecule has 1 aromatic rings. The SMILES string of the molecule is N#CCCCNC1Cc2ccccc2C1. The molecule has 0 saturated heterocycles. The van der Waals surface area contributed by atoms with Crippen molar-refractivity contribution >= 4 is 0 Å². The molecule has 0 fully saturated rings. The van der Waals surface area contributed by atoms with Crippen LogP contribution in [-0.2, 0) is 12.8 Å². The molecule has 78 valence electrons. The molecular weight excluding hydrogens is 184 g/mol. The first-order valence-corrected chi connectivity index (χ1v) is 5.57. The Labute approximate surface area is 90.9 Å². The lowest BCUT2D eigenvalue weighted by Gasteiger charge is -2.10. The Morgan fingerprint density at radius 3 is 2.53 bits per heavy atom. The van der Waals surface area contributed by atoms with Gasteiger partial charge in [0.2, 0.25) is 0 Å². The summed E-state index contributed by atoms with van der Waals surface area (Å²) in [6.07, 6.45) is 3.90. The van der Waals surface area contributed by atoms with E-state index < -0.39 is 0 Å². The predicted octanol–water partition coefficient (Wildman–Crippen LogP) is 2.05. The van der Waals surface area contributed by atoms with Crippen molar-refractivity contribution in [3.05, 3.63) is 35.4 Å². The smallest absolute Gasteiger partial charge is 0.0622 e. The Morgan fingerprint density at radius 1 is 1.27 bits per heavy atom. The molecule has 0 atom stereocenters. The third kappa shape index (κ3) is 2.57. The summed E-state index contributed by atoms with van der Waals surface area (Å²) in [7, 11) is 0. The summed E-state index contributed by atoms with van der Waals surface area (Å²) in [5, 5.41) is 11.9. The highest BCUT2D eigenvalue weighted by molar-refractivity contribution is 5.33. The average molecular weight is 200 g/mol. The van der Waals surface area contributed by atoms with Crippen molar-refractivity contribution in [1.29, 1.82) is 5.26 Å². The largest absolute Gasteiger partial charge is 0.313 e. The van der Waals surface area contributed by atoms with Crippen LogP contribution in [0.5, 0.6) is 0 Å². The minimum atomic E-state index is 0.584. The second-order valence-corrected chi connectivity index (χ2v) is 4.09. The summed E-state index contributed by atoms with van der Waals surface area (Å²) in [6.45, 7) is 0.964. The molecular formula is C13H16N2. The maximum atomic E-state index is 8.42. The van der Waals surface area contributed by atoms with Gasteiger partial charge in [-0.3, -0.25) is 0 Å². The normalized spacial score (nSPS) is 14.9. The van der Waals surface area contributed by atoms with E-state index in [2.05, 4.69) is 35.7 Å². The van der Waals surface area contributed by atoms with Crippen LogP contribution in [0.15, 0.2) is 24.3 Å². The van der Waals surface area contributed by atoms with Crippen molar-refractivity contribution < 1.29 is 0 Å². The Morgan fingerprint density at radius 2 is 1.93 bits per heavy atom. The molecule has 1 aliphatic rings. The van der Waals surface area contributed by atoms with Crippen LogP contribution in [0.2, 0.25) is 0 Å². The Hall–Kier alpha value is -1.33. The number of nitrogens with one attached hydrogen (secondary N) is 1. The van der Waals surface area contributed by atoms with Crippen LogP contribution < -0.4 is 5.32 Å². The molecule has 0 bridgehead atoms. The molecule has 0 radical (unpaired) electrons. The van der Waals surface area contributed by atoms with Gasteiger partial charge >= 0.3 is 0 Å². The van der Waals surface area contributed by atoms with Crippen molar-refractivity contribution in [2.24, 2.45) is 0 Å². The summed E-state index contributed by atoms with van der Waals surface area (Å²) in [4.78, 5) is 0. The zero-order valence-corrected chi connectivity index (χ0v) is 8.87. The zero-order valence-electron chi connectivity index (χ0n) is 8.87. The third-order valence-corrected chi connectivity index (χ3v) is 2.95. The Kier molecular flexibility index (Phi) is 3.37. The number of benzene rings is 1. The molecule has 0 unspecified atom stereocenters. The van der Waals surface area contributed by atoms with E-state index in [1.54, 1.807) is 0 Å². The zero-order chi connectivity index (χ0) is 10.5. The molecule has 0 aromatic heterocycles. The fourth-order valence-electron chi connectivity index (χ4n) is 2.18. The molecule has 1 aromatic carbocycles. The van der Waals surface area contributed by atoms with Gasteiger partial charge in [0.1, 0.15) is 0 Å². The van der Waals surface area contributed by atoms with Crippen LogP contribution in [-0.4, -0.2) is 12.6 Å². The summed E-state index contributed by atoms with van der Waals surface area (Å²) >= 11 is 0. The average Bonchev–Trinajstić information content (AvgIpc) is 2.67. The van der Waals surface area contributed by atoms with Crippen LogP contribution in [0.3, 0.4) is 0 Å². The molecule has 0 spiro atoms. The van der Waals surface area contributed by atoms with Gasteiger partial charge in [0.25, 0.3) is 0 Å². The molecule has 2 heteroatoms. The Balaban J connectivity index is 1.79. The van der Waals surface area contributed by atoms with Crippen molar-refractivity contribution in [3.63, 3.8) is 0 Å². The van der Waals surface area contributed by atoms with E-state index in [9.17, 15) is 0 Å². The van der Waals surface area contributed by atoms with Crippen LogP contribution in [0, 0.1) is 11.3 Å². The fourth-order valence-corrected chi connectivity index (χ4v) is 2.18. The second kappa shape index (κ2) is 4.95. The highest BCUT2D eigenvalue weighted by atomic mass is 14.9. The van der Waals surface area contributed by atoms with Crippen LogP contribution >= 0.6 is 0 Å². The summed E-state index contributed by atoms with van der Waals surface area (Å²) in [6, 6.07) is 11.4. The first-order chi connectivity index (χ1) is 7.40. The maximum Gasteiger partial charge on any atom is 0.0622 e. The standard InChI is InChI=1S/C13H16N2/c14-7-3-4-8-15-13-9-11-5-1-2-6-12(11)10-13/h1-2,5-6,13,15H,3-4,8-10H2. The van der Waals surface area contributed by atoms with Crippen molar-refractivity contribution in [2.45, 2.75) is 31.7 Å². The van der Waals surface area contributed by atoms with Crippen molar-refractivity contribution in [3.8, 4) is 6.07 Å². The van der Waals surface area contributed by atoms with Gasteiger partial charge in [0.15, 0.2) is 0 Å². The van der Waals surface area contributed by atoms with Gasteiger partial charge in [-0.25, -0.2) is 0 Å². The molecule has 15 heavy (non-hydrogen) atoms. The second-order valence-electron chi connectivity index (χ2n) is 4.09. The lowest BCUT2D eigenvalue weighted by atomic mass is 10.1. The first kappa shape index (κ1) is 10.2. The van der Waals surface area contributed by atoms with E-state index in [4.69, 9.17) is 5.26 Å². The number of nitrogens with zero attached hydrogens (tertiary/aromatic N) is 1. The van der Waals surface area contributed by atoms with E-state index >= 15 is 0 Å². The van der Waals surface area contributed by atoms with Gasteiger partial charge in [-0.15, -0.1) is 0 Å². The highest BCUT2D eigenvalue weighted by Gasteiger charge is 2.19. The maximum absolute atomic E-state index is 8.42. The van der Waals surface area contributed by atoms with E-state index in [-0.39, 0.29) is 0 Å². The summed E-state index contributed by atoms with van der Waals surface area (Å²) in [5.74, 6) is 0. The van der Waals surface area contributed by atoms with Gasteiger partial charge in [0.05, 0.1) is 6.07 Å². The third-order valence-electron chi connectivity index (χ3n) is 2.95. The molecule has 0 saturated carbocycles. The minimum absolute atomic E-state index is 0.584. The van der Waals surface area contributed by atoms with Crippen LogP contribution in [0.1, 0.15) is 24.0 Å². The molecule has 0 heterocycles. The monoisotopic (exact) mass is 200 g/mol. The van der Waals surface area contributed by atoms with Crippen LogP contribution in [0.4, 0.5) is 0 Å². The van der Waals surface area contributed by atoms with E-state index in [1.165, 1.54) is 11.1 Å². The number of unbranched alkanes of at least 4 members (excludes halogenated alkanes) is 1. The summed E-state index contributed by atoms with van der Waals surface area (Å²) in [5.41, 5.74) is 2.96. The van der Waals surface area contributed by atoms with Gasteiger partial charge < -0.3 is 5.32 Å². The fraction of sp³-hybridized carbons (Fsp3) is 0.462. The highest BCUT2D eigenvalue weighted by Crippen LogP contribution is 2.21.